The van der Waals surface area contributed by atoms with Crippen molar-refractivity contribution in [3.63, 3.8) is 0 Å². The fourth-order valence-electron chi connectivity index (χ4n) is 4.60. The fourth-order valence-corrected chi connectivity index (χ4v) is 4.60. The van der Waals surface area contributed by atoms with Gasteiger partial charge in [-0.3, -0.25) is 9.79 Å². The van der Waals surface area contributed by atoms with Crippen LogP contribution in [0.4, 0.5) is 13.2 Å². The number of carbonyl (C=O) groups excluding carboxylic acids is 1. The van der Waals surface area contributed by atoms with Crippen molar-refractivity contribution in [2.24, 2.45) is 10.9 Å². The number of amides is 1. The number of benzene rings is 2. The third-order valence-electron chi connectivity index (χ3n) is 6.12. The molecule has 1 atom stereocenters. The second-order valence-electron chi connectivity index (χ2n) is 10.1. The van der Waals surface area contributed by atoms with E-state index in [1.165, 1.54) is 6.07 Å². The predicted octanol–water partition coefficient (Wildman–Crippen LogP) is 5.91. The van der Waals surface area contributed by atoms with Gasteiger partial charge in [-0.05, 0) is 49.4 Å². The molecule has 0 spiro atoms. The average Bonchev–Trinajstić information content (AvgIpc) is 2.94. The van der Waals surface area contributed by atoms with Gasteiger partial charge < -0.3 is 10.2 Å². The van der Waals surface area contributed by atoms with Crippen molar-refractivity contribution in [3.8, 4) is 0 Å². The van der Waals surface area contributed by atoms with E-state index in [-0.39, 0.29) is 18.4 Å². The number of fused-ring (bicyclic) bond motifs is 1. The van der Waals surface area contributed by atoms with Crippen LogP contribution in [0.2, 0.25) is 0 Å². The number of allylic oxidation sites excluding steroid dienone is 1. The number of carbonyl (C=O) groups is 1. The van der Waals surface area contributed by atoms with Gasteiger partial charge in [0.2, 0.25) is 0 Å². The van der Waals surface area contributed by atoms with Gasteiger partial charge in [0.15, 0.2) is 0 Å². The lowest BCUT2D eigenvalue weighted by atomic mass is 9.92. The number of nitrogens with one attached hydrogen (secondary N) is 1. The molecule has 0 aromatic heterocycles. The molecule has 0 bridgehead atoms. The Morgan fingerprint density at radius 1 is 1.12 bits per heavy atom. The topological polar surface area (TPSA) is 44.7 Å². The molecule has 4 rings (SSSR count). The van der Waals surface area contributed by atoms with Crippen LogP contribution in [-0.2, 0) is 17.5 Å². The third-order valence-corrected chi connectivity index (χ3v) is 6.12. The monoisotopic (exact) mass is 469 g/mol. The van der Waals surface area contributed by atoms with E-state index in [0.29, 0.717) is 29.8 Å². The first kappa shape index (κ1) is 24.0. The standard InChI is InChI=1S/C27H30F3N3O/c1-17(2)13-21-22-23(32-26(3,4)16-31-21)25(34)33(15-18-9-6-5-7-10-18)24(22)19-11-8-12-20(14-19)27(28,29)30/h5-12,14,17,24,31H,13,15-16H2,1-4H3. The van der Waals surface area contributed by atoms with E-state index in [1.54, 1.807) is 11.0 Å². The molecule has 34 heavy (non-hydrogen) atoms. The van der Waals surface area contributed by atoms with Crippen LogP contribution in [0.3, 0.4) is 0 Å². The lowest BCUT2D eigenvalue weighted by Crippen LogP contribution is -2.35. The van der Waals surface area contributed by atoms with Gasteiger partial charge in [-0.15, -0.1) is 0 Å². The van der Waals surface area contributed by atoms with Gasteiger partial charge in [-0.1, -0.05) is 56.3 Å². The van der Waals surface area contributed by atoms with E-state index in [2.05, 4.69) is 19.2 Å². The van der Waals surface area contributed by atoms with Crippen molar-refractivity contribution < 1.29 is 18.0 Å². The van der Waals surface area contributed by atoms with Crippen molar-refractivity contribution in [3.05, 3.63) is 82.6 Å². The summed E-state index contributed by atoms with van der Waals surface area (Å²) in [5.74, 6) is 0.0391. The first-order chi connectivity index (χ1) is 16.0. The predicted molar refractivity (Wildman–Crippen MR) is 127 cm³/mol. The summed E-state index contributed by atoms with van der Waals surface area (Å²) in [4.78, 5) is 20.3. The number of likely N-dealkylation sites (tertiary alicyclic amines) is 1. The van der Waals surface area contributed by atoms with Crippen LogP contribution in [0.25, 0.3) is 0 Å². The summed E-state index contributed by atoms with van der Waals surface area (Å²) in [5, 5.41) is 3.49. The van der Waals surface area contributed by atoms with Crippen LogP contribution in [0.5, 0.6) is 0 Å². The van der Waals surface area contributed by atoms with Crippen molar-refractivity contribution >= 4 is 11.6 Å². The van der Waals surface area contributed by atoms with Crippen LogP contribution >= 0.6 is 0 Å². The summed E-state index contributed by atoms with van der Waals surface area (Å²) < 4.78 is 40.8. The number of hydrogen-bond acceptors (Lipinski definition) is 3. The molecule has 1 fully saturated rings. The smallest absolute Gasteiger partial charge is 0.386 e. The first-order valence-electron chi connectivity index (χ1n) is 11.6. The Balaban J connectivity index is 1.93. The Bertz CT molecular complexity index is 1130. The van der Waals surface area contributed by atoms with Crippen LogP contribution in [0, 0.1) is 5.92 Å². The second-order valence-corrected chi connectivity index (χ2v) is 10.1. The van der Waals surface area contributed by atoms with Crippen LogP contribution in [-0.4, -0.2) is 28.6 Å². The minimum atomic E-state index is -4.47. The molecule has 7 heteroatoms. The number of alkyl halides is 3. The highest BCUT2D eigenvalue weighted by Crippen LogP contribution is 2.43. The molecule has 0 aliphatic carbocycles. The Labute approximate surface area is 198 Å². The molecule has 1 amide bonds. The highest BCUT2D eigenvalue weighted by atomic mass is 19.4. The Kier molecular flexibility index (Phi) is 6.32. The van der Waals surface area contributed by atoms with Crippen LogP contribution in [0.15, 0.2) is 70.9 Å². The van der Waals surface area contributed by atoms with Crippen molar-refractivity contribution in [1.82, 2.24) is 10.2 Å². The average molecular weight is 470 g/mol. The zero-order chi connectivity index (χ0) is 24.7. The molecule has 2 aliphatic heterocycles. The quantitative estimate of drug-likeness (QED) is 0.592. The maximum atomic E-state index is 13.8. The summed E-state index contributed by atoms with van der Waals surface area (Å²) in [5.41, 5.74) is 2.01. The SMILES string of the molecule is CC(C)CC1=C2C(=NC(C)(C)CN1)C(=O)N(Cc1ccccc1)C2c1cccc(C(F)(F)F)c1. The summed E-state index contributed by atoms with van der Waals surface area (Å²) in [6.45, 7) is 8.90. The van der Waals surface area contributed by atoms with Crippen molar-refractivity contribution in [2.75, 3.05) is 6.54 Å². The molecule has 2 aliphatic rings. The largest absolute Gasteiger partial charge is 0.416 e. The number of aliphatic imine (C=N–C) groups is 1. The number of nitrogens with zero attached hydrogens (tertiary/aromatic N) is 2. The lowest BCUT2D eigenvalue weighted by Gasteiger charge is -2.28. The Morgan fingerprint density at radius 2 is 1.82 bits per heavy atom. The fraction of sp³-hybridized carbons (Fsp3) is 0.407. The number of hydrogen-bond donors (Lipinski definition) is 1. The molecule has 2 aromatic carbocycles. The molecular weight excluding hydrogens is 439 g/mol. The number of halogens is 3. The van der Waals surface area contributed by atoms with E-state index in [9.17, 15) is 18.0 Å². The molecule has 1 N–H and O–H groups in total. The minimum absolute atomic E-state index is 0.251. The summed E-state index contributed by atoms with van der Waals surface area (Å²) in [6.07, 6.45) is -3.80. The van der Waals surface area contributed by atoms with Gasteiger partial charge in [0, 0.05) is 24.4 Å². The maximum absolute atomic E-state index is 13.8. The lowest BCUT2D eigenvalue weighted by molar-refractivity contribution is -0.137. The second kappa shape index (κ2) is 8.93. The zero-order valence-corrected chi connectivity index (χ0v) is 19.9. The van der Waals surface area contributed by atoms with E-state index in [0.717, 1.165) is 23.4 Å². The Morgan fingerprint density at radius 3 is 2.47 bits per heavy atom. The van der Waals surface area contributed by atoms with Gasteiger partial charge in [0.05, 0.1) is 17.1 Å². The van der Waals surface area contributed by atoms with E-state index in [4.69, 9.17) is 4.99 Å². The Hall–Kier alpha value is -3.09. The van der Waals surface area contributed by atoms with Gasteiger partial charge in [-0.2, -0.15) is 13.2 Å². The molecule has 1 unspecified atom stereocenters. The van der Waals surface area contributed by atoms with E-state index >= 15 is 0 Å². The molecule has 180 valence electrons. The molecule has 1 saturated heterocycles. The van der Waals surface area contributed by atoms with E-state index < -0.39 is 23.3 Å². The third kappa shape index (κ3) is 4.88. The summed E-state index contributed by atoms with van der Waals surface area (Å²) in [7, 11) is 0. The highest BCUT2D eigenvalue weighted by molar-refractivity contribution is 6.48. The molecule has 2 heterocycles. The summed E-state index contributed by atoms with van der Waals surface area (Å²) >= 11 is 0. The number of rotatable bonds is 5. The highest BCUT2D eigenvalue weighted by Gasteiger charge is 2.46. The van der Waals surface area contributed by atoms with E-state index in [1.807, 2.05) is 44.2 Å². The molecule has 0 saturated carbocycles. The van der Waals surface area contributed by atoms with Gasteiger partial charge in [0.25, 0.3) is 5.91 Å². The molecule has 2 aromatic rings. The minimum Gasteiger partial charge on any atom is -0.386 e. The zero-order valence-electron chi connectivity index (χ0n) is 19.9. The molecule has 4 nitrogen and oxygen atoms in total. The van der Waals surface area contributed by atoms with Gasteiger partial charge in [-0.25, -0.2) is 0 Å². The van der Waals surface area contributed by atoms with Crippen LogP contribution < -0.4 is 5.32 Å². The molecule has 0 radical (unpaired) electrons. The maximum Gasteiger partial charge on any atom is 0.416 e. The van der Waals surface area contributed by atoms with Crippen LogP contribution in [0.1, 0.15) is 56.8 Å². The van der Waals surface area contributed by atoms with Gasteiger partial charge in [0.1, 0.15) is 5.71 Å². The first-order valence-corrected chi connectivity index (χ1v) is 11.6. The van der Waals surface area contributed by atoms with Crippen molar-refractivity contribution in [2.45, 2.75) is 58.4 Å². The van der Waals surface area contributed by atoms with Gasteiger partial charge >= 0.3 is 6.18 Å². The summed E-state index contributed by atoms with van der Waals surface area (Å²) in [6, 6.07) is 14.1. The normalized spacial score (nSPS) is 20.2. The van der Waals surface area contributed by atoms with Crippen molar-refractivity contribution in [1.29, 1.82) is 0 Å². The molecular formula is C27H30F3N3O.